The molecule has 3 aromatic rings. The minimum Gasteiger partial charge on any atom is -0.398 e. The Kier molecular flexibility index (Phi) is 5.47. The van der Waals surface area contributed by atoms with Crippen molar-refractivity contribution in [1.29, 1.82) is 0 Å². The van der Waals surface area contributed by atoms with Gasteiger partial charge in [-0.2, -0.15) is 9.97 Å². The van der Waals surface area contributed by atoms with Gasteiger partial charge in [-0.3, -0.25) is 0 Å². The second-order valence-electron chi connectivity index (χ2n) is 5.96. The number of nitrogens with one attached hydrogen (secondary N) is 2. The zero-order valence-corrected chi connectivity index (χ0v) is 15.0. The minimum atomic E-state index is -0.115. The van der Waals surface area contributed by atoms with Gasteiger partial charge < -0.3 is 21.5 Å². The number of nitrogen functional groups attached to an aromatic ring is 1. The predicted molar refractivity (Wildman–Crippen MR) is 102 cm³/mol. The molecule has 0 radical (unpaired) electrons. The lowest BCUT2D eigenvalue weighted by molar-refractivity contribution is 0.271. The molecule has 0 fully saturated rings. The van der Waals surface area contributed by atoms with Gasteiger partial charge in [0.05, 0.1) is 12.6 Å². The van der Waals surface area contributed by atoms with Crippen LogP contribution in [0.4, 0.5) is 17.5 Å². The van der Waals surface area contributed by atoms with E-state index in [0.29, 0.717) is 41.7 Å². The fourth-order valence-corrected chi connectivity index (χ4v) is 2.59. The quantitative estimate of drug-likeness (QED) is 0.448. The molecule has 0 aliphatic heterocycles. The highest BCUT2D eigenvalue weighted by atomic mass is 16.3. The minimum absolute atomic E-state index is 0.00645. The van der Waals surface area contributed by atoms with E-state index in [1.807, 2.05) is 38.1 Å². The third kappa shape index (κ3) is 3.67. The highest BCUT2D eigenvalue weighted by Crippen LogP contribution is 2.22. The van der Waals surface area contributed by atoms with E-state index in [-0.39, 0.29) is 12.6 Å². The summed E-state index contributed by atoms with van der Waals surface area (Å²) in [7, 11) is 0. The van der Waals surface area contributed by atoms with E-state index in [0.717, 1.165) is 12.0 Å². The van der Waals surface area contributed by atoms with Crippen molar-refractivity contribution in [2.24, 2.45) is 0 Å². The summed E-state index contributed by atoms with van der Waals surface area (Å²) >= 11 is 0. The number of anilines is 3. The fourth-order valence-electron chi connectivity index (χ4n) is 2.59. The number of rotatable bonds is 8. The first kappa shape index (κ1) is 17.9. The van der Waals surface area contributed by atoms with Crippen molar-refractivity contribution < 1.29 is 5.11 Å². The maximum atomic E-state index is 9.44. The first-order valence-electron chi connectivity index (χ1n) is 8.72. The van der Waals surface area contributed by atoms with E-state index in [1.165, 1.54) is 0 Å². The average Bonchev–Trinajstić information content (AvgIpc) is 3.08. The van der Waals surface area contributed by atoms with Crippen molar-refractivity contribution in [3.63, 3.8) is 0 Å². The van der Waals surface area contributed by atoms with Gasteiger partial charge in [0.25, 0.3) is 0 Å². The van der Waals surface area contributed by atoms with Crippen molar-refractivity contribution in [1.82, 2.24) is 25.0 Å². The molecule has 0 bridgehead atoms. The average molecular weight is 356 g/mol. The number of aryl methyl sites for hydroxylation is 1. The standard InChI is InChI=1S/C17H24N8O/c1-3-12(10-26)20-17-21-15(14-16(22-17)25(4-2)24-23-14)19-9-11-7-5-6-8-13(11)18/h5-8,12,26H,3-4,9-10,18H2,1-2H3,(H2,19,20,21,22). The van der Waals surface area contributed by atoms with Gasteiger partial charge in [-0.15, -0.1) is 5.10 Å². The molecule has 3 rings (SSSR count). The third-order valence-corrected chi connectivity index (χ3v) is 4.21. The van der Waals surface area contributed by atoms with E-state index in [1.54, 1.807) is 4.68 Å². The van der Waals surface area contributed by atoms with Crippen LogP contribution in [0, 0.1) is 0 Å². The first-order valence-corrected chi connectivity index (χ1v) is 8.72. The summed E-state index contributed by atoms with van der Waals surface area (Å²) in [6.45, 7) is 5.13. The molecule has 138 valence electrons. The number of hydrogen-bond donors (Lipinski definition) is 4. The summed E-state index contributed by atoms with van der Waals surface area (Å²) in [6, 6.07) is 7.55. The first-order chi connectivity index (χ1) is 12.7. The number of nitrogens with zero attached hydrogens (tertiary/aromatic N) is 5. The molecule has 0 amide bonds. The molecule has 0 aliphatic rings. The van der Waals surface area contributed by atoms with Crippen LogP contribution < -0.4 is 16.4 Å². The Balaban J connectivity index is 1.94. The summed E-state index contributed by atoms with van der Waals surface area (Å²) < 4.78 is 1.71. The van der Waals surface area contributed by atoms with Gasteiger partial charge in [0, 0.05) is 18.8 Å². The molecule has 9 heteroatoms. The van der Waals surface area contributed by atoms with E-state index in [4.69, 9.17) is 5.73 Å². The van der Waals surface area contributed by atoms with Gasteiger partial charge >= 0.3 is 0 Å². The Bertz CT molecular complexity index is 874. The molecule has 9 nitrogen and oxygen atoms in total. The van der Waals surface area contributed by atoms with Gasteiger partial charge in [-0.1, -0.05) is 30.3 Å². The van der Waals surface area contributed by atoms with Crippen LogP contribution in [0.25, 0.3) is 11.2 Å². The van der Waals surface area contributed by atoms with Crippen LogP contribution in [0.5, 0.6) is 0 Å². The van der Waals surface area contributed by atoms with E-state index in [9.17, 15) is 5.11 Å². The van der Waals surface area contributed by atoms with E-state index < -0.39 is 0 Å². The summed E-state index contributed by atoms with van der Waals surface area (Å²) in [5, 5.41) is 24.2. The highest BCUT2D eigenvalue weighted by molar-refractivity contribution is 5.83. The monoisotopic (exact) mass is 356 g/mol. The number of hydrogen-bond acceptors (Lipinski definition) is 8. The maximum Gasteiger partial charge on any atom is 0.227 e. The lowest BCUT2D eigenvalue weighted by Gasteiger charge is -2.15. The van der Waals surface area contributed by atoms with Gasteiger partial charge in [-0.05, 0) is 25.0 Å². The normalized spacial score (nSPS) is 12.3. The van der Waals surface area contributed by atoms with Crippen molar-refractivity contribution in [2.75, 3.05) is 23.0 Å². The number of para-hydroxylation sites is 1. The zero-order valence-electron chi connectivity index (χ0n) is 15.0. The Hall–Kier alpha value is -2.94. The molecule has 0 spiro atoms. The zero-order chi connectivity index (χ0) is 18.5. The van der Waals surface area contributed by atoms with Crippen LogP contribution >= 0.6 is 0 Å². The van der Waals surface area contributed by atoms with Crippen LogP contribution in [-0.4, -0.2) is 42.7 Å². The molecule has 5 N–H and O–H groups in total. The lowest BCUT2D eigenvalue weighted by Crippen LogP contribution is -2.24. The van der Waals surface area contributed by atoms with Crippen molar-refractivity contribution in [3.05, 3.63) is 29.8 Å². The highest BCUT2D eigenvalue weighted by Gasteiger charge is 2.16. The Morgan fingerprint density at radius 1 is 1.23 bits per heavy atom. The molecule has 26 heavy (non-hydrogen) atoms. The van der Waals surface area contributed by atoms with Gasteiger partial charge in [-0.25, -0.2) is 4.68 Å². The van der Waals surface area contributed by atoms with E-state index >= 15 is 0 Å². The molecular weight excluding hydrogens is 332 g/mol. The number of nitrogens with two attached hydrogens (primary N) is 1. The van der Waals surface area contributed by atoms with Gasteiger partial charge in [0.1, 0.15) is 0 Å². The summed E-state index contributed by atoms with van der Waals surface area (Å²) in [4.78, 5) is 9.04. The van der Waals surface area contributed by atoms with Gasteiger partial charge in [0.15, 0.2) is 17.0 Å². The largest absolute Gasteiger partial charge is 0.398 e. The third-order valence-electron chi connectivity index (χ3n) is 4.21. The lowest BCUT2D eigenvalue weighted by atomic mass is 10.2. The van der Waals surface area contributed by atoms with Crippen LogP contribution in [-0.2, 0) is 13.1 Å². The molecule has 1 unspecified atom stereocenters. The summed E-state index contributed by atoms with van der Waals surface area (Å²) in [5.41, 5.74) is 8.94. The topological polar surface area (TPSA) is 127 Å². The summed E-state index contributed by atoms with van der Waals surface area (Å²) in [6.07, 6.45) is 0.756. The van der Waals surface area contributed by atoms with Crippen molar-refractivity contribution >= 4 is 28.6 Å². The van der Waals surface area contributed by atoms with Crippen LogP contribution in [0.3, 0.4) is 0 Å². The SMILES string of the molecule is CCC(CO)Nc1nc(NCc2ccccc2N)c2nnn(CC)c2n1. The molecule has 0 aliphatic carbocycles. The molecule has 0 saturated carbocycles. The molecule has 2 aromatic heterocycles. The number of aliphatic hydroxyl groups is 1. The van der Waals surface area contributed by atoms with Gasteiger partial charge in [0.2, 0.25) is 5.95 Å². The van der Waals surface area contributed by atoms with Crippen LogP contribution in [0.2, 0.25) is 0 Å². The maximum absolute atomic E-state index is 9.44. The van der Waals surface area contributed by atoms with Crippen LogP contribution in [0.1, 0.15) is 25.8 Å². The second kappa shape index (κ2) is 7.96. The van der Waals surface area contributed by atoms with Crippen molar-refractivity contribution in [2.45, 2.75) is 39.4 Å². The molecular formula is C17H24N8O. The summed E-state index contributed by atoms with van der Waals surface area (Å²) in [5.74, 6) is 1.01. The van der Waals surface area contributed by atoms with Crippen molar-refractivity contribution in [3.8, 4) is 0 Å². The number of aliphatic hydroxyl groups excluding tert-OH is 1. The number of aromatic nitrogens is 5. The molecule has 1 atom stereocenters. The number of fused-ring (bicyclic) bond motifs is 1. The van der Waals surface area contributed by atoms with E-state index in [2.05, 4.69) is 30.9 Å². The fraction of sp³-hybridized carbons (Fsp3) is 0.412. The Morgan fingerprint density at radius 3 is 2.73 bits per heavy atom. The van der Waals surface area contributed by atoms with Crippen LogP contribution in [0.15, 0.2) is 24.3 Å². The second-order valence-corrected chi connectivity index (χ2v) is 5.96. The smallest absolute Gasteiger partial charge is 0.227 e. The predicted octanol–water partition coefficient (Wildman–Crippen LogP) is 1.62. The molecule has 0 saturated heterocycles. The Morgan fingerprint density at radius 2 is 2.04 bits per heavy atom. The molecule has 2 heterocycles. The molecule has 1 aromatic carbocycles. The number of benzene rings is 1. The Labute approximate surface area is 151 Å².